The van der Waals surface area contributed by atoms with E-state index in [1.54, 1.807) is 0 Å². The molecule has 18 heavy (non-hydrogen) atoms. The summed E-state index contributed by atoms with van der Waals surface area (Å²) < 4.78 is 25.8. The molecule has 100 valence electrons. The molecule has 0 aliphatic heterocycles. The summed E-state index contributed by atoms with van der Waals surface area (Å²) in [7, 11) is 0. The molecule has 0 saturated carbocycles. The van der Waals surface area contributed by atoms with Crippen molar-refractivity contribution in [2.24, 2.45) is 0 Å². The standard InChI is InChI=1S/C13H18F2N2O/c1-13(2,3)17-12(18)8-16-7-9-4-10(14)6-11(15)5-9/h4-6,16H,7-8H2,1-3H3,(H,17,18). The fourth-order valence-electron chi connectivity index (χ4n) is 1.50. The second-order valence-corrected chi connectivity index (χ2v) is 5.18. The molecule has 2 N–H and O–H groups in total. The Morgan fingerprint density at radius 1 is 1.17 bits per heavy atom. The maximum atomic E-state index is 12.9. The molecule has 0 unspecified atom stereocenters. The zero-order valence-corrected chi connectivity index (χ0v) is 10.8. The molecule has 3 nitrogen and oxygen atoms in total. The Morgan fingerprint density at radius 2 is 1.72 bits per heavy atom. The second kappa shape index (κ2) is 5.91. The highest BCUT2D eigenvalue weighted by Gasteiger charge is 2.12. The van der Waals surface area contributed by atoms with Gasteiger partial charge in [0.1, 0.15) is 11.6 Å². The van der Waals surface area contributed by atoms with Crippen LogP contribution in [0.5, 0.6) is 0 Å². The van der Waals surface area contributed by atoms with Crippen LogP contribution in [-0.2, 0) is 11.3 Å². The third-order valence-electron chi connectivity index (χ3n) is 2.05. The Labute approximate surface area is 106 Å². The third-order valence-corrected chi connectivity index (χ3v) is 2.05. The first-order chi connectivity index (χ1) is 8.26. The zero-order valence-electron chi connectivity index (χ0n) is 10.8. The largest absolute Gasteiger partial charge is 0.350 e. The molecule has 0 spiro atoms. The van der Waals surface area contributed by atoms with E-state index in [-0.39, 0.29) is 24.5 Å². The van der Waals surface area contributed by atoms with Crippen molar-refractivity contribution >= 4 is 5.91 Å². The van der Waals surface area contributed by atoms with Gasteiger partial charge in [-0.05, 0) is 38.5 Å². The van der Waals surface area contributed by atoms with Crippen LogP contribution in [0.1, 0.15) is 26.3 Å². The minimum absolute atomic E-state index is 0.107. The molecule has 0 saturated heterocycles. The SMILES string of the molecule is CC(C)(C)NC(=O)CNCc1cc(F)cc(F)c1. The zero-order chi connectivity index (χ0) is 13.8. The van der Waals surface area contributed by atoms with Gasteiger partial charge < -0.3 is 10.6 Å². The van der Waals surface area contributed by atoms with Gasteiger partial charge in [0.15, 0.2) is 0 Å². The molecule has 1 aromatic rings. The van der Waals surface area contributed by atoms with Crippen LogP contribution < -0.4 is 10.6 Å². The number of hydrogen-bond acceptors (Lipinski definition) is 2. The van der Waals surface area contributed by atoms with Crippen molar-refractivity contribution in [2.45, 2.75) is 32.9 Å². The van der Waals surface area contributed by atoms with Crippen LogP contribution in [0.3, 0.4) is 0 Å². The van der Waals surface area contributed by atoms with E-state index in [9.17, 15) is 13.6 Å². The van der Waals surface area contributed by atoms with E-state index in [0.29, 0.717) is 5.56 Å². The van der Waals surface area contributed by atoms with Crippen LogP contribution in [0.15, 0.2) is 18.2 Å². The van der Waals surface area contributed by atoms with Gasteiger partial charge in [0.2, 0.25) is 5.91 Å². The van der Waals surface area contributed by atoms with Crippen LogP contribution in [0.25, 0.3) is 0 Å². The Kier molecular flexibility index (Phi) is 4.78. The molecule has 0 radical (unpaired) electrons. The van der Waals surface area contributed by atoms with Crippen molar-refractivity contribution in [1.82, 2.24) is 10.6 Å². The number of halogens is 2. The van der Waals surface area contributed by atoms with Gasteiger partial charge in [-0.25, -0.2) is 8.78 Å². The summed E-state index contributed by atoms with van der Waals surface area (Å²) >= 11 is 0. The summed E-state index contributed by atoms with van der Waals surface area (Å²) in [5.41, 5.74) is 0.181. The van der Waals surface area contributed by atoms with Crippen LogP contribution in [0.2, 0.25) is 0 Å². The van der Waals surface area contributed by atoms with E-state index in [2.05, 4.69) is 10.6 Å². The maximum Gasteiger partial charge on any atom is 0.234 e. The average molecular weight is 256 g/mol. The lowest BCUT2D eigenvalue weighted by atomic mass is 10.1. The van der Waals surface area contributed by atoms with Crippen LogP contribution >= 0.6 is 0 Å². The van der Waals surface area contributed by atoms with E-state index in [1.807, 2.05) is 20.8 Å². The topological polar surface area (TPSA) is 41.1 Å². The summed E-state index contributed by atoms with van der Waals surface area (Å²) in [6.45, 7) is 5.99. The van der Waals surface area contributed by atoms with Gasteiger partial charge in [0, 0.05) is 18.2 Å². The van der Waals surface area contributed by atoms with E-state index >= 15 is 0 Å². The summed E-state index contributed by atoms with van der Waals surface area (Å²) in [4.78, 5) is 11.5. The number of hydrogen-bond donors (Lipinski definition) is 2. The van der Waals surface area contributed by atoms with Gasteiger partial charge in [-0.1, -0.05) is 0 Å². The van der Waals surface area contributed by atoms with Crippen LogP contribution in [-0.4, -0.2) is 18.0 Å². The summed E-state index contributed by atoms with van der Waals surface area (Å²) in [6, 6.07) is 3.28. The predicted octanol–water partition coefficient (Wildman–Crippen LogP) is 1.97. The van der Waals surface area contributed by atoms with Crippen molar-refractivity contribution in [3.63, 3.8) is 0 Å². The Morgan fingerprint density at radius 3 is 2.22 bits per heavy atom. The number of rotatable bonds is 4. The lowest BCUT2D eigenvalue weighted by Crippen LogP contribution is -2.44. The maximum absolute atomic E-state index is 12.9. The van der Waals surface area contributed by atoms with Gasteiger partial charge in [-0.3, -0.25) is 4.79 Å². The number of benzene rings is 1. The molecule has 5 heteroatoms. The quantitative estimate of drug-likeness (QED) is 0.864. The highest BCUT2D eigenvalue weighted by atomic mass is 19.1. The van der Waals surface area contributed by atoms with Gasteiger partial charge >= 0.3 is 0 Å². The van der Waals surface area contributed by atoms with Crippen LogP contribution in [0, 0.1) is 11.6 Å². The number of amides is 1. The van der Waals surface area contributed by atoms with Crippen molar-refractivity contribution in [3.8, 4) is 0 Å². The molecule has 0 aliphatic carbocycles. The summed E-state index contributed by atoms with van der Waals surface area (Å²) in [5.74, 6) is -1.39. The molecule has 0 fully saturated rings. The molecule has 1 rings (SSSR count). The predicted molar refractivity (Wildman–Crippen MR) is 66.0 cm³/mol. The van der Waals surface area contributed by atoms with E-state index in [0.717, 1.165) is 6.07 Å². The van der Waals surface area contributed by atoms with Crippen LogP contribution in [0.4, 0.5) is 8.78 Å². The van der Waals surface area contributed by atoms with Crippen molar-refractivity contribution in [3.05, 3.63) is 35.4 Å². The fraction of sp³-hybridized carbons (Fsp3) is 0.462. The third kappa shape index (κ3) is 5.72. The molecule has 0 atom stereocenters. The number of carbonyl (C=O) groups excluding carboxylic acids is 1. The highest BCUT2D eigenvalue weighted by molar-refractivity contribution is 5.78. The Hall–Kier alpha value is -1.49. The average Bonchev–Trinajstić information content (AvgIpc) is 2.12. The first-order valence-corrected chi connectivity index (χ1v) is 5.73. The molecule has 0 bridgehead atoms. The van der Waals surface area contributed by atoms with E-state index in [1.165, 1.54) is 12.1 Å². The smallest absolute Gasteiger partial charge is 0.234 e. The molecule has 0 aromatic heterocycles. The lowest BCUT2D eigenvalue weighted by Gasteiger charge is -2.20. The number of carbonyl (C=O) groups is 1. The van der Waals surface area contributed by atoms with Gasteiger partial charge in [0.25, 0.3) is 0 Å². The van der Waals surface area contributed by atoms with E-state index < -0.39 is 11.6 Å². The first-order valence-electron chi connectivity index (χ1n) is 5.73. The highest BCUT2D eigenvalue weighted by Crippen LogP contribution is 2.07. The van der Waals surface area contributed by atoms with E-state index in [4.69, 9.17) is 0 Å². The van der Waals surface area contributed by atoms with Gasteiger partial charge in [0.05, 0.1) is 6.54 Å². The first kappa shape index (κ1) is 14.6. The normalized spacial score (nSPS) is 11.4. The number of nitrogens with one attached hydrogen (secondary N) is 2. The van der Waals surface area contributed by atoms with Crippen molar-refractivity contribution in [1.29, 1.82) is 0 Å². The van der Waals surface area contributed by atoms with Crippen molar-refractivity contribution < 1.29 is 13.6 Å². The summed E-state index contributed by atoms with van der Waals surface area (Å²) in [5, 5.41) is 5.61. The van der Waals surface area contributed by atoms with Gasteiger partial charge in [-0.2, -0.15) is 0 Å². The monoisotopic (exact) mass is 256 g/mol. The Balaban J connectivity index is 2.40. The summed E-state index contributed by atoms with van der Waals surface area (Å²) in [6.07, 6.45) is 0. The molecular weight excluding hydrogens is 238 g/mol. The van der Waals surface area contributed by atoms with Gasteiger partial charge in [-0.15, -0.1) is 0 Å². The van der Waals surface area contributed by atoms with Crippen molar-refractivity contribution in [2.75, 3.05) is 6.54 Å². The fourth-order valence-corrected chi connectivity index (χ4v) is 1.50. The Bertz CT molecular complexity index is 407. The molecular formula is C13H18F2N2O. The minimum Gasteiger partial charge on any atom is -0.350 e. The molecule has 1 amide bonds. The second-order valence-electron chi connectivity index (χ2n) is 5.18. The minimum atomic E-state index is -0.619. The molecule has 1 aromatic carbocycles. The molecule has 0 heterocycles. The molecule has 0 aliphatic rings. The lowest BCUT2D eigenvalue weighted by molar-refractivity contribution is -0.121.